The van der Waals surface area contributed by atoms with Crippen LogP contribution >= 0.6 is 0 Å². The maximum absolute atomic E-state index is 12.6. The van der Waals surface area contributed by atoms with E-state index in [1.807, 2.05) is 30.3 Å². The molecular weight excluding hydrogens is 460 g/mol. The molecule has 36 heavy (non-hydrogen) atoms. The van der Waals surface area contributed by atoms with Gasteiger partial charge in [-0.1, -0.05) is 24.3 Å². The normalized spacial score (nSPS) is 17.4. The summed E-state index contributed by atoms with van der Waals surface area (Å²) in [6, 6.07) is 18.7. The molecule has 5 rings (SSSR count). The number of amides is 2. The van der Waals surface area contributed by atoms with Gasteiger partial charge in [0.15, 0.2) is 23.0 Å². The smallest absolute Gasteiger partial charge is 0.239 e. The lowest BCUT2D eigenvalue weighted by atomic mass is 9.78. The van der Waals surface area contributed by atoms with E-state index >= 15 is 0 Å². The summed E-state index contributed by atoms with van der Waals surface area (Å²) in [5.41, 5.74) is 0.981. The van der Waals surface area contributed by atoms with Crippen LogP contribution in [0, 0.1) is 5.41 Å². The maximum atomic E-state index is 12.6. The van der Waals surface area contributed by atoms with Crippen LogP contribution in [0.15, 0.2) is 60.7 Å². The SMILES string of the molecule is CNC(=O)C(C)(C)C(=O)Nc1ccc(Oc2cccc3c2OCC32COc3c(OC)cccc32)cc1. The van der Waals surface area contributed by atoms with Crippen molar-refractivity contribution >= 4 is 17.5 Å². The fourth-order valence-corrected chi connectivity index (χ4v) is 4.65. The van der Waals surface area contributed by atoms with Crippen molar-refractivity contribution in [3.05, 3.63) is 71.8 Å². The van der Waals surface area contributed by atoms with Crippen molar-refractivity contribution in [3.63, 3.8) is 0 Å². The molecule has 2 aliphatic rings. The Balaban J connectivity index is 1.36. The van der Waals surface area contributed by atoms with Gasteiger partial charge < -0.3 is 29.6 Å². The Hall–Kier alpha value is -4.20. The number of para-hydroxylation sites is 2. The van der Waals surface area contributed by atoms with Gasteiger partial charge in [0.25, 0.3) is 0 Å². The molecular formula is C28H28N2O6. The second-order valence-electron chi connectivity index (χ2n) is 9.41. The Morgan fingerprint density at radius 1 is 0.861 bits per heavy atom. The first-order valence-electron chi connectivity index (χ1n) is 11.7. The molecule has 0 fully saturated rings. The summed E-state index contributed by atoms with van der Waals surface area (Å²) in [7, 11) is 3.14. The molecule has 8 heteroatoms. The Kier molecular flexibility index (Phi) is 5.74. The van der Waals surface area contributed by atoms with Gasteiger partial charge in [-0.05, 0) is 50.2 Å². The minimum Gasteiger partial charge on any atom is -0.493 e. The third kappa shape index (κ3) is 3.69. The fraction of sp³-hybridized carbons (Fsp3) is 0.286. The maximum Gasteiger partial charge on any atom is 0.239 e. The first-order chi connectivity index (χ1) is 17.3. The van der Waals surface area contributed by atoms with Gasteiger partial charge >= 0.3 is 0 Å². The Morgan fingerprint density at radius 2 is 1.44 bits per heavy atom. The number of hydrogen-bond acceptors (Lipinski definition) is 6. The monoisotopic (exact) mass is 488 g/mol. The zero-order chi connectivity index (χ0) is 25.5. The van der Waals surface area contributed by atoms with E-state index in [4.69, 9.17) is 18.9 Å². The molecule has 0 bridgehead atoms. The molecule has 2 heterocycles. The Bertz CT molecular complexity index is 1330. The summed E-state index contributed by atoms with van der Waals surface area (Å²) < 4.78 is 23.9. The number of methoxy groups -OCH3 is 1. The predicted octanol–water partition coefficient (Wildman–Crippen LogP) is 4.27. The summed E-state index contributed by atoms with van der Waals surface area (Å²) in [4.78, 5) is 24.5. The molecule has 3 aromatic rings. The van der Waals surface area contributed by atoms with E-state index in [0.29, 0.717) is 41.9 Å². The van der Waals surface area contributed by atoms with E-state index in [-0.39, 0.29) is 5.91 Å². The zero-order valence-electron chi connectivity index (χ0n) is 20.6. The third-order valence-corrected chi connectivity index (χ3v) is 6.84. The van der Waals surface area contributed by atoms with Crippen molar-refractivity contribution in [2.75, 3.05) is 32.7 Å². The quantitative estimate of drug-likeness (QED) is 0.504. The number of anilines is 1. The second-order valence-corrected chi connectivity index (χ2v) is 9.41. The molecule has 2 amide bonds. The minimum atomic E-state index is -1.20. The number of carbonyl (C=O) groups is 2. The highest BCUT2D eigenvalue weighted by atomic mass is 16.5. The molecule has 1 atom stereocenters. The van der Waals surface area contributed by atoms with Gasteiger partial charge in [0, 0.05) is 23.9 Å². The summed E-state index contributed by atoms with van der Waals surface area (Å²) in [6.45, 7) is 4.05. The first-order valence-corrected chi connectivity index (χ1v) is 11.7. The summed E-state index contributed by atoms with van der Waals surface area (Å²) >= 11 is 0. The molecule has 1 spiro atoms. The van der Waals surface area contributed by atoms with Crippen molar-refractivity contribution < 1.29 is 28.5 Å². The molecule has 1 unspecified atom stereocenters. The van der Waals surface area contributed by atoms with E-state index in [0.717, 1.165) is 16.9 Å². The molecule has 2 N–H and O–H groups in total. The lowest BCUT2D eigenvalue weighted by molar-refractivity contribution is -0.138. The average molecular weight is 489 g/mol. The Labute approximate surface area is 209 Å². The van der Waals surface area contributed by atoms with Crippen molar-refractivity contribution in [1.29, 1.82) is 0 Å². The lowest BCUT2D eigenvalue weighted by Gasteiger charge is -2.21. The van der Waals surface area contributed by atoms with Crippen LogP contribution in [0.2, 0.25) is 0 Å². The van der Waals surface area contributed by atoms with Gasteiger partial charge in [-0.3, -0.25) is 9.59 Å². The molecule has 8 nitrogen and oxygen atoms in total. The van der Waals surface area contributed by atoms with Crippen molar-refractivity contribution in [2.24, 2.45) is 5.41 Å². The van der Waals surface area contributed by atoms with Crippen LogP contribution in [-0.2, 0) is 15.0 Å². The molecule has 0 aromatic heterocycles. The van der Waals surface area contributed by atoms with Gasteiger partial charge in [0.05, 0.1) is 12.5 Å². The molecule has 0 radical (unpaired) electrons. The summed E-state index contributed by atoms with van der Waals surface area (Å²) in [6.07, 6.45) is 0. The van der Waals surface area contributed by atoms with Crippen molar-refractivity contribution in [2.45, 2.75) is 19.3 Å². The highest BCUT2D eigenvalue weighted by Crippen LogP contribution is 2.55. The van der Waals surface area contributed by atoms with Crippen molar-refractivity contribution in [3.8, 4) is 28.7 Å². The van der Waals surface area contributed by atoms with E-state index in [1.54, 1.807) is 45.2 Å². The minimum absolute atomic E-state index is 0.357. The van der Waals surface area contributed by atoms with E-state index in [2.05, 4.69) is 16.7 Å². The molecule has 186 valence electrons. The van der Waals surface area contributed by atoms with Crippen LogP contribution < -0.4 is 29.6 Å². The van der Waals surface area contributed by atoms with Gasteiger partial charge in [0.1, 0.15) is 24.4 Å². The molecule has 2 aliphatic heterocycles. The number of hydrogen-bond donors (Lipinski definition) is 2. The molecule has 0 saturated heterocycles. The predicted molar refractivity (Wildman–Crippen MR) is 134 cm³/mol. The first kappa shape index (κ1) is 23.5. The van der Waals surface area contributed by atoms with Gasteiger partial charge in [0.2, 0.25) is 11.8 Å². The Morgan fingerprint density at radius 3 is 2.03 bits per heavy atom. The second kappa shape index (κ2) is 8.78. The van der Waals surface area contributed by atoms with Crippen LogP contribution in [0.1, 0.15) is 25.0 Å². The molecule has 0 saturated carbocycles. The van der Waals surface area contributed by atoms with Crippen molar-refractivity contribution in [1.82, 2.24) is 5.32 Å². The summed E-state index contributed by atoms with van der Waals surface area (Å²) in [5, 5.41) is 5.29. The summed E-state index contributed by atoms with van der Waals surface area (Å²) in [5.74, 6) is 2.56. The number of fused-ring (bicyclic) bond motifs is 4. The molecule has 0 aliphatic carbocycles. The van der Waals surface area contributed by atoms with E-state index in [9.17, 15) is 9.59 Å². The van der Waals surface area contributed by atoms with Crippen LogP contribution in [-0.4, -0.2) is 39.2 Å². The highest BCUT2D eigenvalue weighted by Gasteiger charge is 2.50. The topological polar surface area (TPSA) is 95.1 Å². The van der Waals surface area contributed by atoms with E-state index < -0.39 is 16.7 Å². The van der Waals surface area contributed by atoms with Crippen LogP contribution in [0.4, 0.5) is 5.69 Å². The van der Waals surface area contributed by atoms with Crippen LogP contribution in [0.5, 0.6) is 28.7 Å². The number of nitrogens with one attached hydrogen (secondary N) is 2. The number of benzene rings is 3. The largest absolute Gasteiger partial charge is 0.493 e. The number of carbonyl (C=O) groups excluding carboxylic acids is 2. The van der Waals surface area contributed by atoms with Crippen LogP contribution in [0.25, 0.3) is 0 Å². The van der Waals surface area contributed by atoms with Gasteiger partial charge in [-0.2, -0.15) is 0 Å². The highest BCUT2D eigenvalue weighted by molar-refractivity contribution is 6.09. The standard InChI is InChI=1S/C28H28N2O6/c1-27(2,25(31)29-3)26(32)30-17-11-13-18(14-12-17)36-22-10-6-8-20-24(22)35-16-28(20)15-34-23-19(28)7-5-9-21(23)33-4/h5-14H,15-16H2,1-4H3,(H,29,31)(H,30,32). The van der Waals surface area contributed by atoms with E-state index in [1.165, 1.54) is 7.05 Å². The molecule has 3 aromatic carbocycles. The number of rotatable bonds is 6. The fourth-order valence-electron chi connectivity index (χ4n) is 4.65. The average Bonchev–Trinajstić information content (AvgIpc) is 3.47. The van der Waals surface area contributed by atoms with Gasteiger partial charge in [-0.25, -0.2) is 0 Å². The number of ether oxygens (including phenoxy) is 4. The van der Waals surface area contributed by atoms with Crippen LogP contribution in [0.3, 0.4) is 0 Å². The zero-order valence-corrected chi connectivity index (χ0v) is 20.6. The lowest BCUT2D eigenvalue weighted by Crippen LogP contribution is -2.43. The van der Waals surface area contributed by atoms with Gasteiger partial charge in [-0.15, -0.1) is 0 Å². The third-order valence-electron chi connectivity index (χ3n) is 6.84.